The van der Waals surface area contributed by atoms with E-state index in [1.807, 2.05) is 60.7 Å². The summed E-state index contributed by atoms with van der Waals surface area (Å²) in [4.78, 5) is 17.4. The van der Waals surface area contributed by atoms with Gasteiger partial charge in [0.1, 0.15) is 0 Å². The normalized spacial score (nSPS) is 13.8. The van der Waals surface area contributed by atoms with E-state index >= 15 is 0 Å². The van der Waals surface area contributed by atoms with Gasteiger partial charge in [0.25, 0.3) is 5.91 Å². The molecule has 4 aromatic rings. The molecular weight excluding hydrogens is 481 g/mol. The lowest BCUT2D eigenvalue weighted by Crippen LogP contribution is -2.47. The number of anilines is 2. The summed E-state index contributed by atoms with van der Waals surface area (Å²) in [6.45, 7) is 3.73. The first-order valence-corrected chi connectivity index (χ1v) is 12.4. The van der Waals surface area contributed by atoms with E-state index in [4.69, 9.17) is 23.2 Å². The molecule has 1 aliphatic heterocycles. The van der Waals surface area contributed by atoms with Crippen LogP contribution in [0.4, 0.5) is 11.5 Å². The molecule has 0 unspecified atom stereocenters. The van der Waals surface area contributed by atoms with Crippen LogP contribution in [0, 0.1) is 0 Å². The fraction of sp³-hybridized carbons (Fsp3) is 0.222. The molecule has 2 heterocycles. The number of nitrogens with zero attached hydrogens (tertiary/aromatic N) is 4. The minimum Gasteiger partial charge on any atom is -0.368 e. The van der Waals surface area contributed by atoms with Crippen LogP contribution in [0.2, 0.25) is 10.0 Å². The van der Waals surface area contributed by atoms with Crippen LogP contribution in [0.5, 0.6) is 0 Å². The lowest BCUT2D eigenvalue weighted by Gasteiger charge is -2.37. The summed E-state index contributed by atoms with van der Waals surface area (Å²) < 4.78 is 0. The average molecular weight is 506 g/mol. The number of carbonyl (C=O) groups excluding carboxylic acids is 1. The fourth-order valence-corrected chi connectivity index (χ4v) is 4.69. The van der Waals surface area contributed by atoms with E-state index < -0.39 is 0 Å². The molecule has 8 heteroatoms. The number of piperazine rings is 1. The molecule has 0 radical (unpaired) electrons. The van der Waals surface area contributed by atoms with Crippen LogP contribution in [0.3, 0.4) is 0 Å². The van der Waals surface area contributed by atoms with Crippen molar-refractivity contribution in [1.29, 1.82) is 0 Å². The molecule has 1 amide bonds. The Morgan fingerprint density at radius 3 is 2.23 bits per heavy atom. The summed E-state index contributed by atoms with van der Waals surface area (Å²) in [5.41, 5.74) is 2.59. The van der Waals surface area contributed by atoms with E-state index in [9.17, 15) is 4.79 Å². The van der Waals surface area contributed by atoms with Crippen molar-refractivity contribution in [1.82, 2.24) is 15.5 Å². The van der Waals surface area contributed by atoms with Crippen molar-refractivity contribution >= 4 is 51.4 Å². The highest BCUT2D eigenvalue weighted by molar-refractivity contribution is 6.42. The Labute approximate surface area is 214 Å². The molecule has 3 aromatic carbocycles. The largest absolute Gasteiger partial charge is 0.368 e. The van der Waals surface area contributed by atoms with Gasteiger partial charge in [0.15, 0.2) is 11.5 Å². The molecule has 1 aliphatic rings. The van der Waals surface area contributed by atoms with Crippen molar-refractivity contribution in [2.75, 3.05) is 42.5 Å². The predicted octanol–water partition coefficient (Wildman–Crippen LogP) is 5.24. The third-order valence-corrected chi connectivity index (χ3v) is 7.01. The standard InChI is InChI=1S/C27H25Cl2N5O/c28-23-11-10-20(18-24(23)29)33-14-16-34(17-15-33)26-22-9-5-4-8-21(22)25(31-32-26)27(35)30-13-12-19-6-2-1-3-7-19/h1-11,18H,12-17H2,(H,30,35). The third-order valence-electron chi connectivity index (χ3n) is 6.27. The Morgan fingerprint density at radius 2 is 1.49 bits per heavy atom. The van der Waals surface area contributed by atoms with Crippen molar-refractivity contribution in [2.24, 2.45) is 0 Å². The first-order chi connectivity index (χ1) is 17.1. The zero-order valence-electron chi connectivity index (χ0n) is 19.1. The van der Waals surface area contributed by atoms with Gasteiger partial charge in [-0.1, -0.05) is 77.8 Å². The van der Waals surface area contributed by atoms with Gasteiger partial charge in [0.05, 0.1) is 10.0 Å². The number of nitrogens with one attached hydrogen (secondary N) is 1. The van der Waals surface area contributed by atoms with E-state index in [1.165, 1.54) is 5.56 Å². The van der Waals surface area contributed by atoms with E-state index in [0.717, 1.165) is 54.9 Å². The van der Waals surface area contributed by atoms with Gasteiger partial charge in [-0.25, -0.2) is 0 Å². The Balaban J connectivity index is 1.30. The fourth-order valence-electron chi connectivity index (χ4n) is 4.40. The topological polar surface area (TPSA) is 61.4 Å². The third kappa shape index (κ3) is 5.19. The average Bonchev–Trinajstić information content (AvgIpc) is 2.90. The van der Waals surface area contributed by atoms with Gasteiger partial charge in [-0.2, -0.15) is 0 Å². The number of rotatable bonds is 6. The monoisotopic (exact) mass is 505 g/mol. The number of carbonyl (C=O) groups is 1. The number of halogens is 2. The molecule has 0 atom stereocenters. The van der Waals surface area contributed by atoms with E-state index in [1.54, 1.807) is 0 Å². The van der Waals surface area contributed by atoms with Gasteiger partial charge in [-0.3, -0.25) is 4.79 Å². The molecule has 1 aromatic heterocycles. The quantitative estimate of drug-likeness (QED) is 0.388. The van der Waals surface area contributed by atoms with Gasteiger partial charge < -0.3 is 15.1 Å². The second-order valence-electron chi connectivity index (χ2n) is 8.48. The highest BCUT2D eigenvalue weighted by Gasteiger charge is 2.23. The maximum atomic E-state index is 12.9. The number of amides is 1. The van der Waals surface area contributed by atoms with Gasteiger partial charge in [0.2, 0.25) is 0 Å². The number of fused-ring (bicyclic) bond motifs is 1. The van der Waals surface area contributed by atoms with Gasteiger partial charge >= 0.3 is 0 Å². The zero-order valence-corrected chi connectivity index (χ0v) is 20.6. The minimum atomic E-state index is -0.208. The van der Waals surface area contributed by atoms with E-state index in [0.29, 0.717) is 22.3 Å². The van der Waals surface area contributed by atoms with Gasteiger partial charge in [0, 0.05) is 49.2 Å². The van der Waals surface area contributed by atoms with Crippen molar-refractivity contribution < 1.29 is 4.79 Å². The Bertz CT molecular complexity index is 1340. The lowest BCUT2D eigenvalue weighted by molar-refractivity contribution is 0.0950. The Morgan fingerprint density at radius 1 is 0.800 bits per heavy atom. The highest BCUT2D eigenvalue weighted by atomic mass is 35.5. The smallest absolute Gasteiger partial charge is 0.272 e. The molecule has 0 bridgehead atoms. The van der Waals surface area contributed by atoms with Crippen molar-refractivity contribution in [3.8, 4) is 0 Å². The van der Waals surface area contributed by atoms with Crippen LogP contribution < -0.4 is 15.1 Å². The van der Waals surface area contributed by atoms with Crippen LogP contribution in [-0.4, -0.2) is 48.8 Å². The molecule has 178 valence electrons. The molecule has 0 spiro atoms. The van der Waals surface area contributed by atoms with Crippen LogP contribution in [0.15, 0.2) is 72.8 Å². The lowest BCUT2D eigenvalue weighted by atomic mass is 10.1. The second kappa shape index (κ2) is 10.5. The van der Waals surface area contributed by atoms with Gasteiger partial charge in [-0.05, 0) is 30.2 Å². The maximum absolute atomic E-state index is 12.9. The Hall–Kier alpha value is -3.35. The summed E-state index contributed by atoms with van der Waals surface area (Å²) in [6.07, 6.45) is 0.763. The van der Waals surface area contributed by atoms with Crippen molar-refractivity contribution in [2.45, 2.75) is 6.42 Å². The highest BCUT2D eigenvalue weighted by Crippen LogP contribution is 2.30. The van der Waals surface area contributed by atoms with Crippen molar-refractivity contribution in [3.05, 3.63) is 94.1 Å². The molecule has 35 heavy (non-hydrogen) atoms. The van der Waals surface area contributed by atoms with Crippen LogP contribution >= 0.6 is 23.2 Å². The summed E-state index contributed by atoms with van der Waals surface area (Å²) in [5.74, 6) is 0.593. The first-order valence-electron chi connectivity index (χ1n) is 11.6. The molecule has 5 rings (SSSR count). The first kappa shape index (κ1) is 23.4. The number of aromatic nitrogens is 2. The summed E-state index contributed by atoms with van der Waals surface area (Å²) in [7, 11) is 0. The van der Waals surface area contributed by atoms with Gasteiger partial charge in [-0.15, -0.1) is 10.2 Å². The van der Waals surface area contributed by atoms with Crippen LogP contribution in [-0.2, 0) is 6.42 Å². The molecule has 0 saturated carbocycles. The summed E-state index contributed by atoms with van der Waals surface area (Å²) in [6, 6.07) is 23.6. The molecular formula is C27H25Cl2N5O. The molecule has 1 fully saturated rings. The summed E-state index contributed by atoms with van der Waals surface area (Å²) >= 11 is 12.3. The summed E-state index contributed by atoms with van der Waals surface area (Å²) in [5, 5.41) is 14.7. The van der Waals surface area contributed by atoms with E-state index in [2.05, 4.69) is 37.4 Å². The molecule has 1 saturated heterocycles. The van der Waals surface area contributed by atoms with Crippen molar-refractivity contribution in [3.63, 3.8) is 0 Å². The second-order valence-corrected chi connectivity index (χ2v) is 9.30. The van der Waals surface area contributed by atoms with Crippen LogP contribution in [0.1, 0.15) is 16.1 Å². The molecule has 0 aliphatic carbocycles. The predicted molar refractivity (Wildman–Crippen MR) is 143 cm³/mol. The van der Waals surface area contributed by atoms with Crippen LogP contribution in [0.25, 0.3) is 10.8 Å². The maximum Gasteiger partial charge on any atom is 0.272 e. The number of hydrogen-bond acceptors (Lipinski definition) is 5. The molecule has 1 N–H and O–H groups in total. The zero-order chi connectivity index (χ0) is 24.2. The van der Waals surface area contributed by atoms with E-state index in [-0.39, 0.29) is 5.91 Å². The number of benzene rings is 3. The minimum absolute atomic E-state index is 0.208. The molecule has 6 nitrogen and oxygen atoms in total. The Kier molecular flexibility index (Phi) is 7.02. The SMILES string of the molecule is O=C(NCCc1ccccc1)c1nnc(N2CCN(c3ccc(Cl)c(Cl)c3)CC2)c2ccccc12. The number of hydrogen-bond donors (Lipinski definition) is 1.